The lowest BCUT2D eigenvalue weighted by Gasteiger charge is -2.37. The average Bonchev–Trinajstić information content (AvgIpc) is 2.74. The zero-order valence-corrected chi connectivity index (χ0v) is 12.4. The van der Waals surface area contributed by atoms with Gasteiger partial charge in [0, 0.05) is 24.0 Å². The van der Waals surface area contributed by atoms with Gasteiger partial charge in [0.2, 0.25) is 0 Å². The molecule has 0 aromatic carbocycles. The molecule has 0 aliphatic carbocycles. The zero-order valence-electron chi connectivity index (χ0n) is 11.5. The van der Waals surface area contributed by atoms with E-state index in [1.54, 1.807) is 6.92 Å². The van der Waals surface area contributed by atoms with Crippen LogP contribution < -0.4 is 4.90 Å². The second-order valence-electron chi connectivity index (χ2n) is 5.92. The van der Waals surface area contributed by atoms with Gasteiger partial charge in [0.05, 0.1) is 11.0 Å². The van der Waals surface area contributed by atoms with Crippen LogP contribution in [-0.4, -0.2) is 23.1 Å². The minimum atomic E-state index is -0.654. The summed E-state index contributed by atoms with van der Waals surface area (Å²) in [6.45, 7) is 7.78. The smallest absolute Gasteiger partial charge is 0.304 e. The van der Waals surface area contributed by atoms with Gasteiger partial charge in [-0.25, -0.2) is 0 Å². The largest absolute Gasteiger partial charge is 0.388 e. The molecule has 1 aromatic rings. The third kappa shape index (κ3) is 3.06. The highest BCUT2D eigenvalue weighted by Crippen LogP contribution is 2.42. The number of aliphatic hydroxyl groups excluding tert-OH is 1. The SMILES string of the molecule is C[C@@H](O)c1cc([N+](=O)[O-])c(N2CCC(C)(C)CC2)s1. The van der Waals surface area contributed by atoms with Gasteiger partial charge in [-0.3, -0.25) is 10.1 Å². The van der Waals surface area contributed by atoms with Crippen LogP contribution in [0.15, 0.2) is 6.07 Å². The summed E-state index contributed by atoms with van der Waals surface area (Å²) in [7, 11) is 0. The van der Waals surface area contributed by atoms with E-state index in [2.05, 4.69) is 18.7 Å². The number of hydrogen-bond donors (Lipinski definition) is 1. The van der Waals surface area contributed by atoms with Gasteiger partial charge in [-0.1, -0.05) is 13.8 Å². The van der Waals surface area contributed by atoms with Crippen LogP contribution in [0.2, 0.25) is 0 Å². The van der Waals surface area contributed by atoms with Crippen molar-refractivity contribution in [1.82, 2.24) is 0 Å². The van der Waals surface area contributed by atoms with Crippen molar-refractivity contribution in [2.75, 3.05) is 18.0 Å². The van der Waals surface area contributed by atoms with E-state index in [1.807, 2.05) is 0 Å². The first-order valence-corrected chi connectivity index (χ1v) is 7.33. The molecule has 0 saturated carbocycles. The molecule has 106 valence electrons. The summed E-state index contributed by atoms with van der Waals surface area (Å²) in [5.74, 6) is 0. The van der Waals surface area contributed by atoms with Gasteiger partial charge in [-0.15, -0.1) is 11.3 Å². The van der Waals surface area contributed by atoms with Crippen molar-refractivity contribution in [2.24, 2.45) is 5.41 Å². The Morgan fingerprint density at radius 2 is 2.05 bits per heavy atom. The first-order valence-electron chi connectivity index (χ1n) is 6.51. The molecule has 2 rings (SSSR count). The highest BCUT2D eigenvalue weighted by Gasteiger charge is 2.31. The molecular weight excluding hydrogens is 264 g/mol. The monoisotopic (exact) mass is 284 g/mol. The second-order valence-corrected chi connectivity index (χ2v) is 6.99. The number of nitrogens with zero attached hydrogens (tertiary/aromatic N) is 2. The average molecular weight is 284 g/mol. The van der Waals surface area contributed by atoms with Gasteiger partial charge in [0.25, 0.3) is 0 Å². The predicted octanol–water partition coefficient (Wildman–Crippen LogP) is 3.34. The maximum Gasteiger partial charge on any atom is 0.304 e. The molecule has 1 saturated heterocycles. The number of thiophene rings is 1. The van der Waals surface area contributed by atoms with Gasteiger partial charge in [0.15, 0.2) is 5.00 Å². The number of hydrogen-bond acceptors (Lipinski definition) is 5. The van der Waals surface area contributed by atoms with Crippen LogP contribution in [0, 0.1) is 15.5 Å². The van der Waals surface area contributed by atoms with E-state index in [4.69, 9.17) is 0 Å². The summed E-state index contributed by atoms with van der Waals surface area (Å²) < 4.78 is 0. The van der Waals surface area contributed by atoms with Crippen molar-refractivity contribution in [2.45, 2.75) is 39.7 Å². The van der Waals surface area contributed by atoms with Crippen molar-refractivity contribution >= 4 is 22.0 Å². The van der Waals surface area contributed by atoms with E-state index >= 15 is 0 Å². The van der Waals surface area contributed by atoms with Crippen LogP contribution >= 0.6 is 11.3 Å². The molecule has 1 aliphatic rings. The van der Waals surface area contributed by atoms with Crippen LogP contribution in [0.1, 0.15) is 44.6 Å². The molecule has 1 aromatic heterocycles. The maximum atomic E-state index is 11.1. The predicted molar refractivity (Wildman–Crippen MR) is 76.8 cm³/mol. The van der Waals surface area contributed by atoms with Crippen molar-refractivity contribution in [1.29, 1.82) is 0 Å². The van der Waals surface area contributed by atoms with E-state index in [0.29, 0.717) is 15.3 Å². The number of piperidine rings is 1. The Hall–Kier alpha value is -1.14. The van der Waals surface area contributed by atoms with E-state index < -0.39 is 6.10 Å². The summed E-state index contributed by atoms with van der Waals surface area (Å²) in [6.07, 6.45) is 1.41. The Kier molecular flexibility index (Phi) is 3.82. The first kappa shape index (κ1) is 14.3. The van der Waals surface area contributed by atoms with Gasteiger partial charge < -0.3 is 10.0 Å². The number of aliphatic hydroxyl groups is 1. The molecule has 1 aliphatic heterocycles. The quantitative estimate of drug-likeness (QED) is 0.683. The molecule has 1 fully saturated rings. The second kappa shape index (κ2) is 5.09. The standard InChI is InChI=1S/C13H20N2O3S/c1-9(16)11-8-10(15(17)18)12(19-11)14-6-4-13(2,3)5-7-14/h8-9,16H,4-7H2,1-3H3/t9-/m1/s1. The fourth-order valence-electron chi connectivity index (χ4n) is 2.27. The Morgan fingerprint density at radius 1 is 1.47 bits per heavy atom. The van der Waals surface area contributed by atoms with E-state index in [-0.39, 0.29) is 10.6 Å². The zero-order chi connectivity index (χ0) is 14.2. The van der Waals surface area contributed by atoms with Crippen molar-refractivity contribution in [3.8, 4) is 0 Å². The number of rotatable bonds is 3. The van der Waals surface area contributed by atoms with Crippen LogP contribution in [0.3, 0.4) is 0 Å². The molecule has 1 atom stereocenters. The van der Waals surface area contributed by atoms with Crippen LogP contribution in [0.5, 0.6) is 0 Å². The fourth-order valence-corrected chi connectivity index (χ4v) is 3.38. The minimum absolute atomic E-state index is 0.126. The van der Waals surface area contributed by atoms with Crippen LogP contribution in [-0.2, 0) is 0 Å². The van der Waals surface area contributed by atoms with Gasteiger partial charge in [-0.05, 0) is 25.2 Å². The van der Waals surface area contributed by atoms with Crippen molar-refractivity contribution < 1.29 is 10.0 Å². The molecule has 0 spiro atoms. The minimum Gasteiger partial charge on any atom is -0.388 e. The summed E-state index contributed by atoms with van der Waals surface area (Å²) >= 11 is 1.34. The topological polar surface area (TPSA) is 66.6 Å². The lowest BCUT2D eigenvalue weighted by Crippen LogP contribution is -2.37. The lowest BCUT2D eigenvalue weighted by molar-refractivity contribution is -0.383. The lowest BCUT2D eigenvalue weighted by atomic mass is 9.83. The van der Waals surface area contributed by atoms with Crippen molar-refractivity contribution in [3.05, 3.63) is 21.1 Å². The molecule has 2 heterocycles. The molecule has 0 bridgehead atoms. The molecule has 5 nitrogen and oxygen atoms in total. The summed E-state index contributed by atoms with van der Waals surface area (Å²) in [4.78, 5) is 13.5. The first-order chi connectivity index (χ1) is 8.80. The number of nitro groups is 1. The third-order valence-electron chi connectivity index (χ3n) is 3.73. The van der Waals surface area contributed by atoms with Gasteiger partial charge >= 0.3 is 5.69 Å². The molecule has 0 radical (unpaired) electrons. The maximum absolute atomic E-state index is 11.1. The van der Waals surface area contributed by atoms with Crippen molar-refractivity contribution in [3.63, 3.8) is 0 Å². The summed E-state index contributed by atoms with van der Waals surface area (Å²) in [6, 6.07) is 1.50. The summed E-state index contributed by atoms with van der Waals surface area (Å²) in [5, 5.41) is 21.4. The molecule has 0 unspecified atom stereocenters. The normalized spacial score (nSPS) is 20.3. The van der Waals surface area contributed by atoms with Crippen LogP contribution in [0.25, 0.3) is 0 Å². The Labute approximate surface area is 117 Å². The molecule has 19 heavy (non-hydrogen) atoms. The Bertz CT molecular complexity index is 472. The molecule has 0 amide bonds. The van der Waals surface area contributed by atoms with Crippen LogP contribution in [0.4, 0.5) is 10.7 Å². The Morgan fingerprint density at radius 3 is 2.53 bits per heavy atom. The van der Waals surface area contributed by atoms with E-state index in [1.165, 1.54) is 17.4 Å². The molecule has 6 heteroatoms. The number of anilines is 1. The van der Waals surface area contributed by atoms with E-state index in [0.717, 1.165) is 25.9 Å². The van der Waals surface area contributed by atoms with Gasteiger partial charge in [-0.2, -0.15) is 0 Å². The fraction of sp³-hybridized carbons (Fsp3) is 0.692. The third-order valence-corrected chi connectivity index (χ3v) is 5.08. The van der Waals surface area contributed by atoms with Gasteiger partial charge in [0.1, 0.15) is 0 Å². The highest BCUT2D eigenvalue weighted by molar-refractivity contribution is 7.16. The highest BCUT2D eigenvalue weighted by atomic mass is 32.1. The molecule has 1 N–H and O–H groups in total. The van der Waals surface area contributed by atoms with E-state index in [9.17, 15) is 15.2 Å². The Balaban J connectivity index is 2.26. The molecular formula is C13H20N2O3S. The summed E-state index contributed by atoms with van der Waals surface area (Å²) in [5.41, 5.74) is 0.441.